The van der Waals surface area contributed by atoms with Gasteiger partial charge in [0.15, 0.2) is 0 Å². The third-order valence-corrected chi connectivity index (χ3v) is 4.01. The number of hydrogen-bond donors (Lipinski definition) is 0. The van der Waals surface area contributed by atoms with Gasteiger partial charge in [-0.3, -0.25) is 4.79 Å². The zero-order chi connectivity index (χ0) is 15.4. The molecule has 0 saturated carbocycles. The minimum Gasteiger partial charge on any atom is -0.334 e. The van der Waals surface area contributed by atoms with E-state index in [1.807, 2.05) is 17.9 Å². The van der Waals surface area contributed by atoms with Gasteiger partial charge >= 0.3 is 0 Å². The summed E-state index contributed by atoms with van der Waals surface area (Å²) in [5.74, 6) is 0.582. The summed E-state index contributed by atoms with van der Waals surface area (Å²) >= 11 is 0. The molecule has 1 aromatic carbocycles. The van der Waals surface area contributed by atoms with E-state index in [9.17, 15) is 4.79 Å². The number of nitrogens with zero attached hydrogens (tertiary/aromatic N) is 1. The molecule has 0 saturated heterocycles. The van der Waals surface area contributed by atoms with E-state index in [1.54, 1.807) is 0 Å². The predicted octanol–water partition coefficient (Wildman–Crippen LogP) is 4.77. The Morgan fingerprint density at radius 2 is 1.65 bits per heavy atom. The molecule has 20 heavy (non-hydrogen) atoms. The Morgan fingerprint density at radius 3 is 2.10 bits per heavy atom. The van der Waals surface area contributed by atoms with Gasteiger partial charge in [-0.15, -0.1) is 0 Å². The standard InChI is InChI=1S/C18H29NO/c1-8-14(6)16-11-9-10-15(7)17(16)18(20)19(12(2)3)13(4)5/h9-14H,8H2,1-7H3/t14-/m1/s1. The zero-order valence-electron chi connectivity index (χ0n) is 14.0. The van der Waals surface area contributed by atoms with Crippen molar-refractivity contribution in [2.75, 3.05) is 0 Å². The van der Waals surface area contributed by atoms with Gasteiger partial charge in [0.2, 0.25) is 0 Å². The molecule has 0 aromatic heterocycles. The molecule has 0 aliphatic rings. The first kappa shape index (κ1) is 16.7. The van der Waals surface area contributed by atoms with E-state index in [0.717, 1.165) is 17.5 Å². The van der Waals surface area contributed by atoms with Crippen LogP contribution < -0.4 is 0 Å². The Bertz CT molecular complexity index is 454. The maximum Gasteiger partial charge on any atom is 0.254 e. The van der Waals surface area contributed by atoms with Gasteiger partial charge in [0.1, 0.15) is 0 Å². The van der Waals surface area contributed by atoms with Crippen molar-refractivity contribution in [3.05, 3.63) is 34.9 Å². The number of carbonyl (C=O) groups excluding carboxylic acids is 1. The molecule has 1 atom stereocenters. The Balaban J connectivity index is 3.34. The lowest BCUT2D eigenvalue weighted by Crippen LogP contribution is -2.42. The highest BCUT2D eigenvalue weighted by Gasteiger charge is 2.26. The molecule has 0 N–H and O–H groups in total. The molecule has 0 radical (unpaired) electrons. The second-order valence-electron chi connectivity index (χ2n) is 6.25. The van der Waals surface area contributed by atoms with Gasteiger partial charge in [0.25, 0.3) is 5.91 Å². The first-order valence-electron chi connectivity index (χ1n) is 7.73. The fraction of sp³-hybridized carbons (Fsp3) is 0.611. The minimum atomic E-state index is 0.170. The van der Waals surface area contributed by atoms with E-state index in [1.165, 1.54) is 5.56 Å². The molecule has 0 aliphatic carbocycles. The molecule has 0 aliphatic heterocycles. The highest BCUT2D eigenvalue weighted by Crippen LogP contribution is 2.27. The third kappa shape index (κ3) is 3.41. The van der Waals surface area contributed by atoms with Crippen LogP contribution in [-0.4, -0.2) is 22.9 Å². The average molecular weight is 275 g/mol. The highest BCUT2D eigenvalue weighted by atomic mass is 16.2. The first-order valence-corrected chi connectivity index (χ1v) is 7.73. The zero-order valence-corrected chi connectivity index (χ0v) is 14.0. The van der Waals surface area contributed by atoms with Crippen molar-refractivity contribution in [3.8, 4) is 0 Å². The number of rotatable bonds is 5. The molecular weight excluding hydrogens is 246 g/mol. The van der Waals surface area contributed by atoms with E-state index in [2.05, 4.69) is 53.7 Å². The molecule has 0 spiro atoms. The van der Waals surface area contributed by atoms with Crippen molar-refractivity contribution in [3.63, 3.8) is 0 Å². The van der Waals surface area contributed by atoms with Crippen LogP contribution in [0.5, 0.6) is 0 Å². The third-order valence-electron chi connectivity index (χ3n) is 4.01. The maximum atomic E-state index is 13.0. The molecule has 1 aromatic rings. The van der Waals surface area contributed by atoms with Crippen molar-refractivity contribution in [2.24, 2.45) is 0 Å². The normalized spacial score (nSPS) is 12.8. The summed E-state index contributed by atoms with van der Waals surface area (Å²) in [6, 6.07) is 6.63. The molecule has 0 heterocycles. The number of hydrogen-bond acceptors (Lipinski definition) is 1. The van der Waals surface area contributed by atoms with Crippen LogP contribution in [0.25, 0.3) is 0 Å². The Morgan fingerprint density at radius 1 is 1.10 bits per heavy atom. The minimum absolute atomic E-state index is 0.170. The molecule has 1 rings (SSSR count). The van der Waals surface area contributed by atoms with E-state index in [0.29, 0.717) is 5.92 Å². The predicted molar refractivity (Wildman–Crippen MR) is 86.3 cm³/mol. The van der Waals surface area contributed by atoms with Gasteiger partial charge < -0.3 is 4.90 Å². The first-order chi connectivity index (χ1) is 9.31. The molecule has 0 bridgehead atoms. The summed E-state index contributed by atoms with van der Waals surface area (Å²) < 4.78 is 0. The van der Waals surface area contributed by atoms with Gasteiger partial charge in [-0.1, -0.05) is 32.0 Å². The molecule has 2 nitrogen and oxygen atoms in total. The lowest BCUT2D eigenvalue weighted by atomic mass is 9.90. The van der Waals surface area contributed by atoms with Gasteiger partial charge in [-0.05, 0) is 58.1 Å². The smallest absolute Gasteiger partial charge is 0.254 e. The van der Waals surface area contributed by atoms with Gasteiger partial charge in [0.05, 0.1) is 0 Å². The summed E-state index contributed by atoms with van der Waals surface area (Å²) in [4.78, 5) is 15.0. The molecular formula is C18H29NO. The monoisotopic (exact) mass is 275 g/mol. The molecule has 0 unspecified atom stereocenters. The van der Waals surface area contributed by atoms with Crippen molar-refractivity contribution in [1.82, 2.24) is 4.90 Å². The van der Waals surface area contributed by atoms with E-state index in [-0.39, 0.29) is 18.0 Å². The van der Waals surface area contributed by atoms with Crippen LogP contribution in [-0.2, 0) is 0 Å². The Hall–Kier alpha value is -1.31. The van der Waals surface area contributed by atoms with Gasteiger partial charge in [-0.25, -0.2) is 0 Å². The summed E-state index contributed by atoms with van der Waals surface area (Å²) in [5.41, 5.74) is 3.17. The van der Waals surface area contributed by atoms with Crippen molar-refractivity contribution >= 4 is 5.91 Å². The van der Waals surface area contributed by atoms with Gasteiger partial charge in [0, 0.05) is 17.6 Å². The molecule has 0 fully saturated rings. The summed E-state index contributed by atoms with van der Waals surface area (Å²) in [6.07, 6.45) is 1.05. The summed E-state index contributed by atoms with van der Waals surface area (Å²) in [5, 5.41) is 0. The van der Waals surface area contributed by atoms with E-state index < -0.39 is 0 Å². The van der Waals surface area contributed by atoms with Crippen molar-refractivity contribution in [1.29, 1.82) is 0 Å². The van der Waals surface area contributed by atoms with E-state index in [4.69, 9.17) is 0 Å². The molecule has 112 valence electrons. The number of amides is 1. The quantitative estimate of drug-likeness (QED) is 0.758. The number of aryl methyl sites for hydroxylation is 1. The topological polar surface area (TPSA) is 20.3 Å². The van der Waals surface area contributed by atoms with Crippen LogP contribution in [0.3, 0.4) is 0 Å². The van der Waals surface area contributed by atoms with Crippen LogP contribution in [0.1, 0.15) is 75.4 Å². The number of benzene rings is 1. The molecule has 2 heteroatoms. The lowest BCUT2D eigenvalue weighted by Gasteiger charge is -2.32. The van der Waals surface area contributed by atoms with Crippen molar-refractivity contribution in [2.45, 2.75) is 72.9 Å². The molecule has 1 amide bonds. The summed E-state index contributed by atoms with van der Waals surface area (Å²) in [7, 11) is 0. The average Bonchev–Trinajstić information content (AvgIpc) is 2.36. The van der Waals surface area contributed by atoms with Crippen LogP contribution in [0.4, 0.5) is 0 Å². The summed E-state index contributed by atoms with van der Waals surface area (Å²) in [6.45, 7) is 14.7. The largest absolute Gasteiger partial charge is 0.334 e. The van der Waals surface area contributed by atoms with Crippen LogP contribution in [0, 0.1) is 6.92 Å². The van der Waals surface area contributed by atoms with Gasteiger partial charge in [-0.2, -0.15) is 0 Å². The van der Waals surface area contributed by atoms with Crippen LogP contribution in [0.2, 0.25) is 0 Å². The fourth-order valence-electron chi connectivity index (χ4n) is 2.81. The Labute approximate surface area is 124 Å². The second kappa shape index (κ2) is 6.92. The van der Waals surface area contributed by atoms with Crippen LogP contribution in [0.15, 0.2) is 18.2 Å². The lowest BCUT2D eigenvalue weighted by molar-refractivity contribution is 0.0641. The van der Waals surface area contributed by atoms with E-state index >= 15 is 0 Å². The maximum absolute atomic E-state index is 13.0. The SMILES string of the molecule is CC[C@@H](C)c1cccc(C)c1C(=O)N(C(C)C)C(C)C. The second-order valence-corrected chi connectivity index (χ2v) is 6.25. The highest BCUT2D eigenvalue weighted by molar-refractivity contribution is 5.97. The van der Waals surface area contributed by atoms with Crippen LogP contribution >= 0.6 is 0 Å². The Kier molecular flexibility index (Phi) is 5.79. The number of carbonyl (C=O) groups is 1. The fourth-order valence-corrected chi connectivity index (χ4v) is 2.81. The van der Waals surface area contributed by atoms with Crippen molar-refractivity contribution < 1.29 is 4.79 Å².